The summed E-state index contributed by atoms with van der Waals surface area (Å²) in [7, 11) is 0. The van der Waals surface area contributed by atoms with Crippen molar-refractivity contribution in [1.29, 1.82) is 0 Å². The van der Waals surface area contributed by atoms with Gasteiger partial charge in [-0.1, -0.05) is 12.1 Å². The van der Waals surface area contributed by atoms with Crippen LogP contribution in [0.2, 0.25) is 0 Å². The lowest BCUT2D eigenvalue weighted by atomic mass is 9.87. The second kappa shape index (κ2) is 6.46. The number of Topliss-reactive ketones (excluding diaryl/α,β-unsaturated/α-hetero) is 1. The van der Waals surface area contributed by atoms with Crippen molar-refractivity contribution in [2.75, 3.05) is 5.32 Å². The summed E-state index contributed by atoms with van der Waals surface area (Å²) in [5.74, 6) is -0.0388. The van der Waals surface area contributed by atoms with Crippen molar-refractivity contribution in [2.24, 2.45) is 0 Å². The van der Waals surface area contributed by atoms with Crippen molar-refractivity contribution in [3.63, 3.8) is 0 Å². The highest BCUT2D eigenvalue weighted by molar-refractivity contribution is 7.14. The van der Waals surface area contributed by atoms with Crippen LogP contribution in [0.5, 0.6) is 0 Å². The maximum absolute atomic E-state index is 13.1. The number of nitrogens with zero attached hydrogens (tertiary/aromatic N) is 2. The summed E-state index contributed by atoms with van der Waals surface area (Å²) in [6.07, 6.45) is 0.155. The number of amides is 1. The number of nitrogens with one attached hydrogen (secondary N) is 1. The molecule has 1 atom stereocenters. The topological polar surface area (TPSA) is 64.0 Å². The lowest BCUT2D eigenvalue weighted by Gasteiger charge is -2.23. The number of fused-ring (bicyclic) bond motifs is 1. The number of carbonyl (C=O) groups excluding carboxylic acids is 2. The van der Waals surface area contributed by atoms with Gasteiger partial charge in [0, 0.05) is 16.9 Å². The first-order valence-corrected chi connectivity index (χ1v) is 9.75. The number of hydrogen-bond donors (Lipinski definition) is 1. The van der Waals surface area contributed by atoms with Crippen LogP contribution in [-0.4, -0.2) is 21.5 Å². The summed E-state index contributed by atoms with van der Waals surface area (Å²) in [5.41, 5.74) is 4.77. The first-order valence-electron chi connectivity index (χ1n) is 8.93. The molecule has 0 bridgehead atoms. The third-order valence-electron chi connectivity index (χ3n) is 5.21. The van der Waals surface area contributed by atoms with Crippen LogP contribution in [0.3, 0.4) is 0 Å². The van der Waals surface area contributed by atoms with E-state index in [1.54, 1.807) is 4.68 Å². The zero-order valence-electron chi connectivity index (χ0n) is 15.8. The molecule has 2 aromatic heterocycles. The average Bonchev–Trinajstić information content (AvgIpc) is 3.20. The number of benzene rings is 1. The van der Waals surface area contributed by atoms with Crippen LogP contribution < -0.4 is 5.32 Å². The number of anilines is 1. The largest absolute Gasteiger partial charge is 0.310 e. The second-order valence-corrected chi connectivity index (χ2v) is 8.35. The molecular formula is C21H21N3O2S. The fourth-order valence-electron chi connectivity index (χ4n) is 3.65. The van der Waals surface area contributed by atoms with Crippen molar-refractivity contribution in [2.45, 2.75) is 40.0 Å². The summed E-state index contributed by atoms with van der Waals surface area (Å²) < 4.78 is 1.77. The molecule has 0 radical (unpaired) electrons. The highest BCUT2D eigenvalue weighted by Gasteiger charge is 2.36. The zero-order chi connectivity index (χ0) is 19.3. The maximum atomic E-state index is 13.1. The van der Waals surface area contributed by atoms with E-state index in [1.807, 2.05) is 58.0 Å². The minimum atomic E-state index is -0.495. The van der Waals surface area contributed by atoms with E-state index in [2.05, 4.69) is 10.4 Å². The molecule has 0 saturated carbocycles. The van der Waals surface area contributed by atoms with Crippen molar-refractivity contribution < 1.29 is 9.59 Å². The van der Waals surface area contributed by atoms with Gasteiger partial charge < -0.3 is 5.32 Å². The summed E-state index contributed by atoms with van der Waals surface area (Å²) in [4.78, 5) is 27.3. The quantitative estimate of drug-likeness (QED) is 0.683. The summed E-state index contributed by atoms with van der Waals surface area (Å²) in [6.45, 7) is 7.96. The lowest BCUT2D eigenvalue weighted by Crippen LogP contribution is -2.28. The van der Waals surface area contributed by atoms with Gasteiger partial charge in [-0.15, -0.1) is 11.3 Å². The molecule has 1 amide bonds. The molecule has 0 fully saturated rings. The van der Waals surface area contributed by atoms with Gasteiger partial charge >= 0.3 is 0 Å². The maximum Gasteiger partial charge on any atom is 0.226 e. The van der Waals surface area contributed by atoms with Gasteiger partial charge in [0.05, 0.1) is 22.2 Å². The third-order valence-corrected chi connectivity index (χ3v) is 6.22. The molecule has 138 valence electrons. The molecule has 0 spiro atoms. The Morgan fingerprint density at radius 2 is 1.96 bits per heavy atom. The minimum absolute atomic E-state index is 0.00665. The van der Waals surface area contributed by atoms with E-state index in [0.717, 1.165) is 32.9 Å². The molecular weight excluding hydrogens is 358 g/mol. The Morgan fingerprint density at radius 3 is 2.67 bits per heavy atom. The van der Waals surface area contributed by atoms with E-state index >= 15 is 0 Å². The number of hydrogen-bond acceptors (Lipinski definition) is 4. The molecule has 5 nitrogen and oxygen atoms in total. The predicted octanol–water partition coefficient (Wildman–Crippen LogP) is 4.48. The van der Waals surface area contributed by atoms with E-state index < -0.39 is 5.92 Å². The molecule has 1 N–H and O–H groups in total. The SMILES string of the molecule is Cc1ccc(C(=O)[C@@H]2CC(=O)Nc3c2c(C)nn3-c2cccc(C)c2C)s1. The fraction of sp³-hybridized carbons (Fsp3) is 0.286. The minimum Gasteiger partial charge on any atom is -0.310 e. The van der Waals surface area contributed by atoms with E-state index in [-0.39, 0.29) is 18.1 Å². The molecule has 4 rings (SSSR count). The van der Waals surface area contributed by atoms with Gasteiger partial charge in [-0.2, -0.15) is 5.10 Å². The second-order valence-electron chi connectivity index (χ2n) is 7.06. The smallest absolute Gasteiger partial charge is 0.226 e. The van der Waals surface area contributed by atoms with Gasteiger partial charge in [-0.3, -0.25) is 9.59 Å². The number of carbonyl (C=O) groups is 2. The molecule has 0 unspecified atom stereocenters. The van der Waals surface area contributed by atoms with Crippen LogP contribution in [0, 0.1) is 27.7 Å². The van der Waals surface area contributed by atoms with Crippen molar-refractivity contribution in [3.05, 3.63) is 62.5 Å². The standard InChI is InChI=1S/C21H21N3O2S/c1-11-6-5-7-16(13(11)3)24-21-19(14(4)23-24)15(10-18(25)22-21)20(26)17-9-8-12(2)27-17/h5-9,15H,10H2,1-4H3,(H,22,25)/t15-/m1/s1. The molecule has 3 heterocycles. The average molecular weight is 379 g/mol. The Labute approximate surface area is 162 Å². The van der Waals surface area contributed by atoms with Crippen LogP contribution in [0.4, 0.5) is 5.82 Å². The van der Waals surface area contributed by atoms with E-state index in [1.165, 1.54) is 11.3 Å². The highest BCUT2D eigenvalue weighted by Crippen LogP contribution is 2.39. The Kier molecular flexibility index (Phi) is 4.23. The van der Waals surface area contributed by atoms with Crippen LogP contribution in [0.15, 0.2) is 30.3 Å². The molecule has 1 aliphatic heterocycles. The number of rotatable bonds is 3. The van der Waals surface area contributed by atoms with Crippen LogP contribution in [0.1, 0.15) is 49.3 Å². The molecule has 6 heteroatoms. The van der Waals surface area contributed by atoms with Crippen molar-refractivity contribution in [1.82, 2.24) is 9.78 Å². The van der Waals surface area contributed by atoms with Gasteiger partial charge in [0.2, 0.25) is 5.91 Å². The van der Waals surface area contributed by atoms with E-state index in [4.69, 9.17) is 0 Å². The molecule has 3 aromatic rings. The summed E-state index contributed by atoms with van der Waals surface area (Å²) >= 11 is 1.47. The molecule has 27 heavy (non-hydrogen) atoms. The molecule has 0 saturated heterocycles. The fourth-order valence-corrected chi connectivity index (χ4v) is 4.51. The number of aryl methyl sites for hydroxylation is 3. The summed E-state index contributed by atoms with van der Waals surface area (Å²) in [5, 5.41) is 7.63. The molecule has 1 aromatic carbocycles. The monoisotopic (exact) mass is 379 g/mol. The summed E-state index contributed by atoms with van der Waals surface area (Å²) in [6, 6.07) is 9.79. The molecule has 0 aliphatic carbocycles. The van der Waals surface area contributed by atoms with E-state index in [9.17, 15) is 9.59 Å². The first kappa shape index (κ1) is 17.7. The van der Waals surface area contributed by atoms with Crippen LogP contribution in [0.25, 0.3) is 5.69 Å². The Morgan fingerprint density at radius 1 is 1.19 bits per heavy atom. The number of aromatic nitrogens is 2. The van der Waals surface area contributed by atoms with E-state index in [0.29, 0.717) is 10.7 Å². The van der Waals surface area contributed by atoms with Crippen molar-refractivity contribution in [3.8, 4) is 5.69 Å². The molecule has 1 aliphatic rings. The number of ketones is 1. The highest BCUT2D eigenvalue weighted by atomic mass is 32.1. The third kappa shape index (κ3) is 2.90. The number of thiophene rings is 1. The normalized spacial score (nSPS) is 16.1. The first-order chi connectivity index (χ1) is 12.9. The Balaban J connectivity index is 1.86. The van der Waals surface area contributed by atoms with Gasteiger partial charge in [0.1, 0.15) is 5.82 Å². The Bertz CT molecular complexity index is 1080. The van der Waals surface area contributed by atoms with Crippen LogP contribution >= 0.6 is 11.3 Å². The van der Waals surface area contributed by atoms with Gasteiger partial charge in [-0.25, -0.2) is 4.68 Å². The van der Waals surface area contributed by atoms with Gasteiger partial charge in [0.15, 0.2) is 5.78 Å². The van der Waals surface area contributed by atoms with Crippen LogP contribution in [-0.2, 0) is 4.79 Å². The van der Waals surface area contributed by atoms with Crippen molar-refractivity contribution >= 4 is 28.8 Å². The van der Waals surface area contributed by atoms with Gasteiger partial charge in [0.25, 0.3) is 0 Å². The lowest BCUT2D eigenvalue weighted by molar-refractivity contribution is -0.116. The zero-order valence-corrected chi connectivity index (χ0v) is 16.6. The predicted molar refractivity (Wildman–Crippen MR) is 107 cm³/mol. The van der Waals surface area contributed by atoms with Gasteiger partial charge in [-0.05, 0) is 57.0 Å². The Hall–Kier alpha value is -2.73.